The number of nitrogens with zero attached hydrogens (tertiary/aromatic N) is 5. The molecule has 2 heterocycles. The molecule has 2 aliphatic rings. The monoisotopic (exact) mass is 742 g/mol. The number of rotatable bonds is 11. The first-order valence-corrected chi connectivity index (χ1v) is 16.9. The van der Waals surface area contributed by atoms with Gasteiger partial charge in [-0.15, -0.1) is 0 Å². The van der Waals surface area contributed by atoms with E-state index in [9.17, 15) is 44.2 Å². The van der Waals surface area contributed by atoms with Crippen LogP contribution in [0.3, 0.4) is 0 Å². The summed E-state index contributed by atoms with van der Waals surface area (Å²) in [6.45, 7) is 3.64. The van der Waals surface area contributed by atoms with Crippen LogP contribution in [0.1, 0.15) is 37.8 Å². The molecule has 19 nitrogen and oxygen atoms in total. The van der Waals surface area contributed by atoms with Crippen LogP contribution in [0.15, 0.2) is 53.5 Å². The molecule has 278 valence electrons. The number of nitrogens with one attached hydrogen (secondary N) is 3. The van der Waals surface area contributed by atoms with E-state index in [0.29, 0.717) is 37.1 Å². The number of carbonyl (C=O) groups excluding carboxylic acids is 5. The summed E-state index contributed by atoms with van der Waals surface area (Å²) in [5.74, 6) is -1.13. The maximum Gasteiger partial charge on any atom is 0.414 e. The number of likely N-dealkylation sites (N-methyl/N-ethyl adjacent to an activating group) is 1. The van der Waals surface area contributed by atoms with Gasteiger partial charge in [-0.25, -0.2) is 14.6 Å². The zero-order valence-electron chi connectivity index (χ0n) is 28.5. The zero-order valence-corrected chi connectivity index (χ0v) is 29.3. The highest BCUT2D eigenvalue weighted by atomic mass is 32.2. The number of nitro benzene ring substituents is 2. The summed E-state index contributed by atoms with van der Waals surface area (Å²) in [6, 6.07) is 8.64. The van der Waals surface area contributed by atoms with Crippen LogP contribution in [0.5, 0.6) is 0 Å². The normalized spacial score (nSPS) is 18.8. The highest BCUT2D eigenvalue weighted by molar-refractivity contribution is 8.14. The van der Waals surface area contributed by atoms with E-state index < -0.39 is 39.9 Å². The Balaban J connectivity index is 1.36. The molecule has 4 atom stereocenters. The van der Waals surface area contributed by atoms with E-state index in [1.54, 1.807) is 4.90 Å². The van der Waals surface area contributed by atoms with E-state index in [0.717, 1.165) is 0 Å². The molecule has 2 fully saturated rings. The van der Waals surface area contributed by atoms with Crippen LogP contribution in [-0.2, 0) is 37.1 Å². The van der Waals surface area contributed by atoms with Crippen molar-refractivity contribution >= 4 is 58.2 Å². The maximum atomic E-state index is 13.3. The van der Waals surface area contributed by atoms with Crippen molar-refractivity contribution in [2.24, 2.45) is 4.99 Å². The Hall–Kier alpha value is -5.63. The lowest BCUT2D eigenvalue weighted by Crippen LogP contribution is -2.48. The maximum absolute atomic E-state index is 13.3. The minimum absolute atomic E-state index is 0.000867. The average Bonchev–Trinajstić information content (AvgIpc) is 3.71. The number of benzene rings is 2. The minimum Gasteiger partial charge on any atom is -0.444 e. The SMILES string of the molecule is CC(=O)S[C@H]1C[C@@H](C(=O)N2CC[C@H](NC(=O)[C@H](C)N=C(NC(=O)OCc3ccc([N+](=O)[O-])cc3)NC(=O)OCc3ccc([N+](=O)[O-])cc3)C2)N(C)C1. The van der Waals surface area contributed by atoms with E-state index in [-0.39, 0.29) is 59.5 Å². The Morgan fingerprint density at radius 3 is 1.90 bits per heavy atom. The third kappa shape index (κ3) is 11.5. The second kappa shape index (κ2) is 18.0. The van der Waals surface area contributed by atoms with Crippen molar-refractivity contribution in [3.8, 4) is 0 Å². The van der Waals surface area contributed by atoms with Gasteiger partial charge < -0.3 is 19.7 Å². The molecule has 0 bridgehead atoms. The van der Waals surface area contributed by atoms with Gasteiger partial charge in [0.05, 0.1) is 15.9 Å². The first-order chi connectivity index (χ1) is 24.7. The fourth-order valence-electron chi connectivity index (χ4n) is 5.51. The second-order valence-corrected chi connectivity index (χ2v) is 13.6. The summed E-state index contributed by atoms with van der Waals surface area (Å²) in [5.41, 5.74) is 0.563. The van der Waals surface area contributed by atoms with E-state index >= 15 is 0 Å². The summed E-state index contributed by atoms with van der Waals surface area (Å²) in [4.78, 5) is 91.7. The Labute approximate surface area is 301 Å². The Morgan fingerprint density at radius 2 is 1.42 bits per heavy atom. The van der Waals surface area contributed by atoms with Crippen molar-refractivity contribution in [2.45, 2.75) is 63.3 Å². The Bertz CT molecular complexity index is 1630. The van der Waals surface area contributed by atoms with Gasteiger partial charge in [-0.05, 0) is 62.2 Å². The molecule has 2 aromatic rings. The molecule has 2 aromatic carbocycles. The second-order valence-electron chi connectivity index (χ2n) is 12.1. The number of alkyl carbamates (subject to hydrolysis) is 2. The number of ether oxygens (including phenoxy) is 2. The molecule has 2 aliphatic heterocycles. The third-order valence-electron chi connectivity index (χ3n) is 8.15. The number of non-ortho nitro benzene ring substituents is 2. The van der Waals surface area contributed by atoms with Crippen LogP contribution in [-0.4, -0.2) is 105 Å². The molecule has 0 unspecified atom stereocenters. The largest absolute Gasteiger partial charge is 0.444 e. The summed E-state index contributed by atoms with van der Waals surface area (Å²) in [7, 11) is 1.84. The third-order valence-corrected chi connectivity index (χ3v) is 9.16. The molecule has 0 spiro atoms. The van der Waals surface area contributed by atoms with Crippen LogP contribution >= 0.6 is 11.8 Å². The molecule has 2 saturated heterocycles. The quantitative estimate of drug-likeness (QED) is 0.130. The van der Waals surface area contributed by atoms with Gasteiger partial charge >= 0.3 is 12.2 Å². The van der Waals surface area contributed by atoms with Crippen LogP contribution < -0.4 is 16.0 Å². The first kappa shape index (κ1) is 39.2. The smallest absolute Gasteiger partial charge is 0.414 e. The van der Waals surface area contributed by atoms with Gasteiger partial charge in [0.25, 0.3) is 11.4 Å². The Kier molecular flexibility index (Phi) is 13.6. The number of nitro groups is 2. The fourth-order valence-corrected chi connectivity index (χ4v) is 6.57. The molecule has 4 rings (SSSR count). The number of carbonyl (C=O) groups is 5. The predicted molar refractivity (Wildman–Crippen MR) is 186 cm³/mol. The molecule has 20 heteroatoms. The minimum atomic E-state index is -1.16. The zero-order chi connectivity index (χ0) is 37.9. The lowest BCUT2D eigenvalue weighted by atomic mass is 10.2. The van der Waals surface area contributed by atoms with E-state index in [1.165, 1.54) is 74.1 Å². The fraction of sp³-hybridized carbons (Fsp3) is 0.438. The van der Waals surface area contributed by atoms with E-state index in [4.69, 9.17) is 9.47 Å². The molecule has 4 amide bonds. The standard InChI is InChI=1S/C32H38N8O11S/c1-19(28(42)34-23-12-13-38(15-23)29(43)27-14-26(16-37(27)3)52-20(2)41)33-30(35-31(44)50-17-21-4-8-24(9-5-21)39(46)47)36-32(45)51-18-22-6-10-25(11-7-22)40(48)49/h4-11,19,23,26-27H,12-18H2,1-3H3,(H,34,42)(H2,33,35,36,44,45)/t19-,23-,26-,27-/m0/s1. The number of amides is 4. The van der Waals surface area contributed by atoms with Crippen LogP contribution in [0, 0.1) is 20.2 Å². The lowest BCUT2D eigenvalue weighted by Gasteiger charge is -2.25. The summed E-state index contributed by atoms with van der Waals surface area (Å²) < 4.78 is 10.3. The van der Waals surface area contributed by atoms with Crippen LogP contribution in [0.25, 0.3) is 0 Å². The van der Waals surface area contributed by atoms with Gasteiger partial charge in [0.2, 0.25) is 17.8 Å². The summed E-state index contributed by atoms with van der Waals surface area (Å²) in [5, 5.41) is 29.2. The predicted octanol–water partition coefficient (Wildman–Crippen LogP) is 2.47. The van der Waals surface area contributed by atoms with Gasteiger partial charge in [-0.3, -0.25) is 50.1 Å². The molecular weight excluding hydrogens is 704 g/mol. The van der Waals surface area contributed by atoms with E-state index in [2.05, 4.69) is 20.9 Å². The average molecular weight is 743 g/mol. The van der Waals surface area contributed by atoms with Crippen molar-refractivity contribution < 1.29 is 43.3 Å². The summed E-state index contributed by atoms with van der Waals surface area (Å²) in [6.07, 6.45) is -1.12. The number of hydrogen-bond acceptors (Lipinski definition) is 14. The number of thioether (sulfide) groups is 1. The molecule has 0 saturated carbocycles. The van der Waals surface area contributed by atoms with Gasteiger partial charge in [-0.1, -0.05) is 11.8 Å². The molecule has 0 aromatic heterocycles. The number of hydrogen-bond donors (Lipinski definition) is 3. The highest BCUT2D eigenvalue weighted by Gasteiger charge is 2.39. The Morgan fingerprint density at radius 1 is 0.904 bits per heavy atom. The van der Waals surface area contributed by atoms with Crippen molar-refractivity contribution in [3.05, 3.63) is 79.9 Å². The van der Waals surface area contributed by atoms with Crippen molar-refractivity contribution in [3.63, 3.8) is 0 Å². The van der Waals surface area contributed by atoms with Crippen molar-refractivity contribution in [1.82, 2.24) is 25.8 Å². The van der Waals surface area contributed by atoms with E-state index in [1.807, 2.05) is 11.9 Å². The van der Waals surface area contributed by atoms with Crippen LogP contribution in [0.2, 0.25) is 0 Å². The molecule has 52 heavy (non-hydrogen) atoms. The summed E-state index contributed by atoms with van der Waals surface area (Å²) >= 11 is 1.23. The van der Waals surface area contributed by atoms with Crippen LogP contribution in [0.4, 0.5) is 21.0 Å². The molecular formula is C32H38N8O11S. The van der Waals surface area contributed by atoms with Gasteiger partial charge in [0, 0.05) is 62.1 Å². The molecule has 3 N–H and O–H groups in total. The van der Waals surface area contributed by atoms with Gasteiger partial charge in [0.1, 0.15) is 19.3 Å². The molecule has 0 radical (unpaired) electrons. The first-order valence-electron chi connectivity index (χ1n) is 16.1. The molecule has 0 aliphatic carbocycles. The highest BCUT2D eigenvalue weighted by Crippen LogP contribution is 2.29. The lowest BCUT2D eigenvalue weighted by molar-refractivity contribution is -0.385. The van der Waals surface area contributed by atoms with Crippen molar-refractivity contribution in [2.75, 3.05) is 26.7 Å². The number of aliphatic imine (C=N–C) groups is 1. The number of likely N-dealkylation sites (tertiary alicyclic amines) is 2. The topological polar surface area (TPSA) is 245 Å². The van der Waals surface area contributed by atoms with Crippen molar-refractivity contribution in [1.29, 1.82) is 0 Å². The van der Waals surface area contributed by atoms with Gasteiger partial charge in [0.15, 0.2) is 5.12 Å². The van der Waals surface area contributed by atoms with Gasteiger partial charge in [-0.2, -0.15) is 0 Å². The number of guanidine groups is 1.